The fraction of sp³-hybridized carbons (Fsp3) is 0.240. The third kappa shape index (κ3) is 3.80. The lowest BCUT2D eigenvalue weighted by molar-refractivity contribution is -0.663. The zero-order valence-corrected chi connectivity index (χ0v) is 16.2. The molecule has 1 unspecified atom stereocenters. The number of aromatic nitrogens is 2. The van der Waals surface area contributed by atoms with Crippen molar-refractivity contribution in [2.24, 2.45) is 0 Å². The van der Waals surface area contributed by atoms with Gasteiger partial charge in [0, 0.05) is 0 Å². The van der Waals surface area contributed by atoms with Crippen molar-refractivity contribution in [2.75, 3.05) is 0 Å². The Morgan fingerprint density at radius 1 is 0.815 bits per heavy atom. The maximum absolute atomic E-state index is 2.36. The first-order valence-electron chi connectivity index (χ1n) is 9.84. The molecule has 2 nitrogen and oxygen atoms in total. The van der Waals surface area contributed by atoms with Gasteiger partial charge >= 0.3 is 0 Å². The van der Waals surface area contributed by atoms with E-state index in [1.165, 1.54) is 34.1 Å². The lowest BCUT2D eigenvalue weighted by Gasteiger charge is -2.09. The lowest BCUT2D eigenvalue weighted by Crippen LogP contribution is -2.32. The molecule has 0 N–H and O–H groups in total. The molecule has 27 heavy (non-hydrogen) atoms. The summed E-state index contributed by atoms with van der Waals surface area (Å²) in [5, 5.41) is 0. The van der Waals surface area contributed by atoms with Crippen LogP contribution in [0.4, 0.5) is 0 Å². The van der Waals surface area contributed by atoms with Crippen LogP contribution in [0.25, 0.3) is 11.0 Å². The van der Waals surface area contributed by atoms with Gasteiger partial charge in [-0.3, -0.25) is 0 Å². The van der Waals surface area contributed by atoms with Crippen LogP contribution in [0.15, 0.2) is 85.2 Å². The van der Waals surface area contributed by atoms with Crippen LogP contribution in [0.2, 0.25) is 0 Å². The molecule has 4 aromatic rings. The second-order valence-corrected chi connectivity index (χ2v) is 7.40. The highest BCUT2D eigenvalue weighted by Gasteiger charge is 2.16. The van der Waals surface area contributed by atoms with Crippen LogP contribution in [-0.2, 0) is 13.1 Å². The van der Waals surface area contributed by atoms with Gasteiger partial charge in [0.2, 0.25) is 6.33 Å². The van der Waals surface area contributed by atoms with E-state index >= 15 is 0 Å². The van der Waals surface area contributed by atoms with E-state index in [0.29, 0.717) is 5.92 Å². The van der Waals surface area contributed by atoms with E-state index in [1.54, 1.807) is 0 Å². The zero-order chi connectivity index (χ0) is 18.6. The summed E-state index contributed by atoms with van der Waals surface area (Å²) in [5.41, 5.74) is 6.65. The van der Waals surface area contributed by atoms with Crippen LogP contribution in [0.3, 0.4) is 0 Å². The Kier molecular flexibility index (Phi) is 5.06. The Labute approximate surface area is 161 Å². The minimum Gasteiger partial charge on any atom is -0.226 e. The first kappa shape index (κ1) is 17.5. The molecule has 0 fully saturated rings. The van der Waals surface area contributed by atoms with Gasteiger partial charge in [0.15, 0.2) is 11.0 Å². The normalized spacial score (nSPS) is 12.4. The van der Waals surface area contributed by atoms with Crippen molar-refractivity contribution in [3.63, 3.8) is 0 Å². The monoisotopic (exact) mass is 355 g/mol. The topological polar surface area (TPSA) is 8.81 Å². The molecule has 0 amide bonds. The van der Waals surface area contributed by atoms with Crippen molar-refractivity contribution in [3.05, 3.63) is 102 Å². The average Bonchev–Trinajstić information content (AvgIpc) is 3.06. The van der Waals surface area contributed by atoms with Gasteiger partial charge in [0.1, 0.15) is 13.1 Å². The van der Waals surface area contributed by atoms with Gasteiger partial charge < -0.3 is 0 Å². The molecule has 0 saturated heterocycles. The van der Waals surface area contributed by atoms with Crippen molar-refractivity contribution < 1.29 is 4.57 Å². The summed E-state index contributed by atoms with van der Waals surface area (Å²) in [4.78, 5) is 0. The number of imidazole rings is 1. The number of rotatable bonds is 6. The standard InChI is InChI=1S/C25H27N2/c1-3-20(2)23-15-13-22(14-16-23)18-27-19-26(17-21-9-5-4-6-10-21)24-11-7-8-12-25(24)27/h4-16,19-20H,3,17-18H2,1-2H3/q+1. The molecule has 4 rings (SSSR count). The van der Waals surface area contributed by atoms with Crippen molar-refractivity contribution >= 4 is 11.0 Å². The Balaban J connectivity index is 1.64. The van der Waals surface area contributed by atoms with E-state index in [-0.39, 0.29) is 0 Å². The summed E-state index contributed by atoms with van der Waals surface area (Å²) in [5.74, 6) is 0.625. The molecule has 1 heterocycles. The molecule has 136 valence electrons. The average molecular weight is 356 g/mol. The fourth-order valence-electron chi connectivity index (χ4n) is 3.66. The molecule has 1 aromatic heterocycles. The number of benzene rings is 3. The number of hydrogen-bond acceptors (Lipinski definition) is 0. The van der Waals surface area contributed by atoms with E-state index in [1.807, 2.05) is 0 Å². The number of fused-ring (bicyclic) bond motifs is 1. The van der Waals surface area contributed by atoms with E-state index in [9.17, 15) is 0 Å². The first-order chi connectivity index (χ1) is 13.2. The molecule has 0 bridgehead atoms. The second kappa shape index (κ2) is 7.79. The van der Waals surface area contributed by atoms with E-state index < -0.39 is 0 Å². The Bertz CT molecular complexity index is 1010. The zero-order valence-electron chi connectivity index (χ0n) is 16.2. The third-order valence-electron chi connectivity index (χ3n) is 5.49. The molecule has 0 aliphatic heterocycles. The smallest absolute Gasteiger partial charge is 0.226 e. The van der Waals surface area contributed by atoms with Gasteiger partial charge in [-0.25, -0.2) is 9.13 Å². The van der Waals surface area contributed by atoms with Crippen LogP contribution in [0.1, 0.15) is 42.9 Å². The molecule has 2 heteroatoms. The fourth-order valence-corrected chi connectivity index (χ4v) is 3.66. The highest BCUT2D eigenvalue weighted by Crippen LogP contribution is 2.20. The largest absolute Gasteiger partial charge is 0.245 e. The molecular formula is C25H27N2+. The predicted molar refractivity (Wildman–Crippen MR) is 112 cm³/mol. The summed E-state index contributed by atoms with van der Waals surface area (Å²) in [6.07, 6.45) is 3.43. The third-order valence-corrected chi connectivity index (χ3v) is 5.49. The summed E-state index contributed by atoms with van der Waals surface area (Å²) in [7, 11) is 0. The van der Waals surface area contributed by atoms with Crippen LogP contribution >= 0.6 is 0 Å². The van der Waals surface area contributed by atoms with Crippen molar-refractivity contribution in [1.82, 2.24) is 4.57 Å². The summed E-state index contributed by atoms with van der Waals surface area (Å²) in [6.45, 7) is 6.32. The summed E-state index contributed by atoms with van der Waals surface area (Å²) < 4.78 is 4.70. The van der Waals surface area contributed by atoms with Gasteiger partial charge in [-0.2, -0.15) is 0 Å². The van der Waals surface area contributed by atoms with E-state index in [2.05, 4.69) is 108 Å². The Morgan fingerprint density at radius 2 is 1.52 bits per heavy atom. The van der Waals surface area contributed by atoms with Crippen LogP contribution in [0, 0.1) is 0 Å². The molecule has 0 saturated carbocycles. The Morgan fingerprint density at radius 3 is 2.26 bits per heavy atom. The number of nitrogens with zero attached hydrogens (tertiary/aromatic N) is 2. The first-order valence-corrected chi connectivity index (χ1v) is 9.84. The van der Waals surface area contributed by atoms with Crippen LogP contribution in [-0.4, -0.2) is 4.57 Å². The SMILES string of the molecule is CCC(C)c1ccc(Cn2c[n+](Cc3ccccc3)c3ccccc32)cc1. The van der Waals surface area contributed by atoms with Gasteiger partial charge in [0.25, 0.3) is 0 Å². The molecule has 0 aliphatic rings. The molecular weight excluding hydrogens is 328 g/mol. The molecule has 0 aliphatic carbocycles. The number of para-hydroxylation sites is 2. The van der Waals surface area contributed by atoms with E-state index in [4.69, 9.17) is 0 Å². The molecule has 0 radical (unpaired) electrons. The molecule has 1 atom stereocenters. The number of hydrogen-bond donors (Lipinski definition) is 0. The van der Waals surface area contributed by atoms with Gasteiger partial charge in [-0.1, -0.05) is 80.6 Å². The minimum absolute atomic E-state index is 0.625. The van der Waals surface area contributed by atoms with Crippen molar-refractivity contribution in [3.8, 4) is 0 Å². The van der Waals surface area contributed by atoms with E-state index in [0.717, 1.165) is 13.1 Å². The Hall–Kier alpha value is -2.87. The summed E-state index contributed by atoms with van der Waals surface area (Å²) >= 11 is 0. The second-order valence-electron chi connectivity index (χ2n) is 7.40. The molecule has 0 spiro atoms. The van der Waals surface area contributed by atoms with Gasteiger partial charge in [0.05, 0.1) is 0 Å². The maximum atomic E-state index is 2.36. The summed E-state index contributed by atoms with van der Waals surface area (Å²) in [6, 6.07) is 28.4. The van der Waals surface area contributed by atoms with Crippen LogP contribution in [0.5, 0.6) is 0 Å². The quantitative estimate of drug-likeness (QED) is 0.402. The highest BCUT2D eigenvalue weighted by atomic mass is 15.1. The highest BCUT2D eigenvalue weighted by molar-refractivity contribution is 5.71. The lowest BCUT2D eigenvalue weighted by atomic mass is 9.98. The predicted octanol–water partition coefficient (Wildman–Crippen LogP) is 5.54. The molecule has 3 aromatic carbocycles. The van der Waals surface area contributed by atoms with Crippen molar-refractivity contribution in [1.29, 1.82) is 0 Å². The maximum Gasteiger partial charge on any atom is 0.245 e. The van der Waals surface area contributed by atoms with Crippen LogP contribution < -0.4 is 4.57 Å². The van der Waals surface area contributed by atoms with Gasteiger partial charge in [-0.05, 0) is 41.2 Å². The minimum atomic E-state index is 0.625. The van der Waals surface area contributed by atoms with Crippen molar-refractivity contribution in [2.45, 2.75) is 39.3 Å². The van der Waals surface area contributed by atoms with Gasteiger partial charge in [-0.15, -0.1) is 0 Å².